The molecular weight excluding hydrogens is 725 g/mol. The number of phenolic OH excluding ortho intramolecular Hbond substituents is 1. The Kier molecular flexibility index (Phi) is 9.11. The fourth-order valence-corrected chi connectivity index (χ4v) is 9.96. The zero-order valence-corrected chi connectivity index (χ0v) is 32.4. The number of imide groups is 1. The first-order valence-electron chi connectivity index (χ1n) is 19.7. The van der Waals surface area contributed by atoms with Crippen LogP contribution in [0.15, 0.2) is 155 Å². The van der Waals surface area contributed by atoms with Gasteiger partial charge in [-0.25, -0.2) is 0 Å². The molecular formula is C49H42N4O5. The summed E-state index contributed by atoms with van der Waals surface area (Å²) < 4.78 is 0. The van der Waals surface area contributed by atoms with Crippen molar-refractivity contribution >= 4 is 51.7 Å². The molecule has 1 N–H and O–H groups in total. The predicted octanol–water partition coefficient (Wildman–Crippen LogP) is 9.21. The number of hydrogen-bond acceptors (Lipinski definition) is 8. The summed E-state index contributed by atoms with van der Waals surface area (Å²) in [5, 5.41) is 19.4. The van der Waals surface area contributed by atoms with Crippen molar-refractivity contribution in [1.82, 2.24) is 0 Å². The number of ketones is 2. The van der Waals surface area contributed by atoms with E-state index >= 15 is 9.59 Å². The number of carbonyl (C=O) groups excluding carboxylic acids is 4. The lowest BCUT2D eigenvalue weighted by molar-refractivity contribution is -0.135. The van der Waals surface area contributed by atoms with Crippen LogP contribution in [0.1, 0.15) is 41.0 Å². The van der Waals surface area contributed by atoms with Crippen LogP contribution < -0.4 is 9.80 Å². The van der Waals surface area contributed by atoms with E-state index < -0.39 is 35.0 Å². The molecule has 5 aromatic rings. The van der Waals surface area contributed by atoms with E-state index in [1.165, 1.54) is 11.0 Å². The molecule has 58 heavy (non-hydrogen) atoms. The van der Waals surface area contributed by atoms with E-state index in [0.717, 1.165) is 22.4 Å². The lowest BCUT2D eigenvalue weighted by atomic mass is 9.44. The first kappa shape index (κ1) is 36.9. The summed E-state index contributed by atoms with van der Waals surface area (Å²) in [6.07, 6.45) is 4.10. The third-order valence-electron chi connectivity index (χ3n) is 12.7. The number of anilines is 2. The molecule has 0 bridgehead atoms. The molecule has 5 aromatic carbocycles. The zero-order chi connectivity index (χ0) is 40.3. The first-order valence-corrected chi connectivity index (χ1v) is 19.7. The topological polar surface area (TPSA) is 120 Å². The van der Waals surface area contributed by atoms with Gasteiger partial charge < -0.3 is 10.0 Å². The number of rotatable bonds is 7. The van der Waals surface area contributed by atoms with Gasteiger partial charge in [-0.15, -0.1) is 0 Å². The molecule has 1 aliphatic heterocycles. The maximum atomic E-state index is 15.2. The molecule has 9 heteroatoms. The van der Waals surface area contributed by atoms with Gasteiger partial charge in [-0.3, -0.25) is 24.1 Å². The smallest absolute Gasteiger partial charge is 0.238 e. The number of azo groups is 1. The Morgan fingerprint density at radius 1 is 0.741 bits per heavy atom. The Hall–Kier alpha value is -6.74. The van der Waals surface area contributed by atoms with Gasteiger partial charge in [0.05, 0.1) is 34.3 Å². The van der Waals surface area contributed by atoms with Gasteiger partial charge in [-0.2, -0.15) is 10.2 Å². The predicted molar refractivity (Wildman–Crippen MR) is 223 cm³/mol. The summed E-state index contributed by atoms with van der Waals surface area (Å²) in [6.45, 7) is 1.81. The first-order chi connectivity index (χ1) is 28.1. The number of nitrogens with zero attached hydrogens (tertiary/aromatic N) is 4. The average Bonchev–Trinajstić information content (AvgIpc) is 3.51. The molecule has 288 valence electrons. The Labute approximate surface area is 337 Å². The molecule has 2 amide bonds. The molecule has 0 unspecified atom stereocenters. The molecule has 9 rings (SSSR count). The van der Waals surface area contributed by atoms with Gasteiger partial charge in [0.15, 0.2) is 11.6 Å². The lowest BCUT2D eigenvalue weighted by Gasteiger charge is -2.55. The highest BCUT2D eigenvalue weighted by atomic mass is 16.3. The standard InChI is InChI=1S/C49H42N4O5/c1-29-26-31(14-25-42(29)54)45-37-23-24-38-44(48(58)53(47(38)57)36-21-17-34(18-22-36)51-50-33-15-19-35(20-16-33)52(2)3)40(37)27-41-46(56)39(30-10-6-4-7-11-30)28-43(55)49(41,45)32-12-8-5-9-13-32/h4-23,25-26,28,38,40-41,44-45,54H,24,27H2,1-3H3/t38-,40+,41-,44-,45-,49-/m0/s1. The number of fused-ring (bicyclic) bond motifs is 4. The number of carbonyl (C=O) groups is 4. The van der Waals surface area contributed by atoms with Gasteiger partial charge in [0.2, 0.25) is 11.8 Å². The minimum atomic E-state index is -1.33. The van der Waals surface area contributed by atoms with E-state index in [-0.39, 0.29) is 35.6 Å². The Morgan fingerprint density at radius 3 is 2.02 bits per heavy atom. The molecule has 0 radical (unpaired) electrons. The Morgan fingerprint density at radius 2 is 1.38 bits per heavy atom. The minimum absolute atomic E-state index is 0.120. The maximum Gasteiger partial charge on any atom is 0.238 e. The van der Waals surface area contributed by atoms with Crippen LogP contribution in [-0.2, 0) is 24.6 Å². The Balaban J connectivity index is 1.12. The van der Waals surface area contributed by atoms with Crippen LogP contribution in [0, 0.1) is 30.6 Å². The molecule has 1 heterocycles. The van der Waals surface area contributed by atoms with E-state index in [0.29, 0.717) is 40.2 Å². The molecule has 0 spiro atoms. The van der Waals surface area contributed by atoms with Gasteiger partial charge in [0.1, 0.15) is 5.75 Å². The molecule has 1 saturated heterocycles. The van der Waals surface area contributed by atoms with Crippen LogP contribution in [0.3, 0.4) is 0 Å². The number of hydrogen-bond donors (Lipinski definition) is 1. The zero-order valence-electron chi connectivity index (χ0n) is 32.4. The van der Waals surface area contributed by atoms with Crippen LogP contribution in [0.25, 0.3) is 5.57 Å². The molecule has 4 aliphatic rings. The molecule has 3 aliphatic carbocycles. The van der Waals surface area contributed by atoms with Crippen molar-refractivity contribution in [2.45, 2.75) is 31.1 Å². The second-order valence-electron chi connectivity index (χ2n) is 16.0. The summed E-state index contributed by atoms with van der Waals surface area (Å²) in [7, 11) is 3.94. The van der Waals surface area contributed by atoms with E-state index in [1.54, 1.807) is 30.3 Å². The van der Waals surface area contributed by atoms with Crippen LogP contribution >= 0.6 is 0 Å². The summed E-state index contributed by atoms with van der Waals surface area (Å²) in [6, 6.07) is 38.7. The summed E-state index contributed by atoms with van der Waals surface area (Å²) in [4.78, 5) is 62.8. The number of allylic oxidation sites excluding steroid dienone is 4. The number of amides is 2. The third-order valence-corrected chi connectivity index (χ3v) is 12.7. The normalized spacial score (nSPS) is 25.2. The van der Waals surface area contributed by atoms with Crippen molar-refractivity contribution in [2.24, 2.45) is 33.9 Å². The number of Topliss-reactive ketones (excluding diaryl/α,β-unsaturated/α-hetero) is 1. The van der Waals surface area contributed by atoms with Crippen molar-refractivity contribution in [3.8, 4) is 5.75 Å². The number of aryl methyl sites for hydroxylation is 1. The van der Waals surface area contributed by atoms with Gasteiger partial charge in [-0.1, -0.05) is 84.4 Å². The summed E-state index contributed by atoms with van der Waals surface area (Å²) >= 11 is 0. The third kappa shape index (κ3) is 5.83. The second-order valence-corrected chi connectivity index (χ2v) is 16.0. The van der Waals surface area contributed by atoms with Crippen molar-refractivity contribution in [3.05, 3.63) is 167 Å². The van der Waals surface area contributed by atoms with Gasteiger partial charge in [0.25, 0.3) is 0 Å². The number of aromatic hydroxyl groups is 1. The maximum absolute atomic E-state index is 15.2. The molecule has 2 fully saturated rings. The van der Waals surface area contributed by atoms with Crippen LogP contribution in [-0.4, -0.2) is 42.6 Å². The Bertz CT molecular complexity index is 2560. The van der Waals surface area contributed by atoms with Crippen LogP contribution in [0.4, 0.5) is 22.7 Å². The van der Waals surface area contributed by atoms with Crippen molar-refractivity contribution in [3.63, 3.8) is 0 Å². The summed E-state index contributed by atoms with van der Waals surface area (Å²) in [5.41, 5.74) is 5.42. The van der Waals surface area contributed by atoms with Crippen molar-refractivity contribution in [1.29, 1.82) is 0 Å². The fraction of sp³-hybridized carbons (Fsp3) is 0.224. The number of benzene rings is 5. The van der Waals surface area contributed by atoms with Gasteiger partial charge >= 0.3 is 0 Å². The lowest BCUT2D eigenvalue weighted by Crippen LogP contribution is -2.58. The highest BCUT2D eigenvalue weighted by molar-refractivity contribution is 6.32. The SMILES string of the molecule is Cc1cc([C@H]2C3=CC[C@@H]4C(=O)N(c5ccc(N=Nc6ccc(N(C)C)cc6)cc5)C(=O)[C@@H]4[C@@H]3C[C@H]3C(=O)C(c4ccccc4)=CC(=O)[C@@]23c2ccccc2)ccc1O. The fourth-order valence-electron chi connectivity index (χ4n) is 9.96. The minimum Gasteiger partial charge on any atom is -0.508 e. The molecule has 0 aromatic heterocycles. The van der Waals surface area contributed by atoms with Crippen LogP contribution in [0.2, 0.25) is 0 Å². The van der Waals surface area contributed by atoms with E-state index in [4.69, 9.17) is 0 Å². The highest BCUT2D eigenvalue weighted by Gasteiger charge is 2.66. The molecule has 6 atom stereocenters. The molecule has 9 nitrogen and oxygen atoms in total. The monoisotopic (exact) mass is 766 g/mol. The summed E-state index contributed by atoms with van der Waals surface area (Å²) in [5.74, 6) is -4.18. The highest BCUT2D eigenvalue weighted by Crippen LogP contribution is 2.64. The second kappa shape index (κ2) is 14.3. The quantitative estimate of drug-likeness (QED) is 0.100. The van der Waals surface area contributed by atoms with E-state index in [2.05, 4.69) is 16.3 Å². The molecule has 1 saturated carbocycles. The van der Waals surface area contributed by atoms with E-state index in [1.807, 2.05) is 123 Å². The van der Waals surface area contributed by atoms with Crippen LogP contribution in [0.5, 0.6) is 5.75 Å². The number of phenols is 1. The van der Waals surface area contributed by atoms with Crippen molar-refractivity contribution < 1.29 is 24.3 Å². The average molecular weight is 767 g/mol. The van der Waals surface area contributed by atoms with Crippen molar-refractivity contribution in [2.75, 3.05) is 23.9 Å². The van der Waals surface area contributed by atoms with E-state index in [9.17, 15) is 14.7 Å². The largest absolute Gasteiger partial charge is 0.508 e. The van der Waals surface area contributed by atoms with Gasteiger partial charge in [0, 0.05) is 37.2 Å². The van der Waals surface area contributed by atoms with Gasteiger partial charge in [-0.05, 0) is 109 Å².